The summed E-state index contributed by atoms with van der Waals surface area (Å²) >= 11 is 0. The van der Waals surface area contributed by atoms with E-state index in [1.165, 1.54) is 4.90 Å². The van der Waals surface area contributed by atoms with Crippen LogP contribution in [-0.2, 0) is 19.1 Å². The lowest BCUT2D eigenvalue weighted by molar-refractivity contribution is -0.144. The van der Waals surface area contributed by atoms with Gasteiger partial charge in [-0.25, -0.2) is 4.79 Å². The number of rotatable bonds is 5. The maximum atomic E-state index is 12.7. The molecule has 2 N–H and O–H groups in total. The van der Waals surface area contributed by atoms with Crippen LogP contribution in [0, 0.1) is 5.92 Å². The van der Waals surface area contributed by atoms with Crippen LogP contribution < -0.4 is 5.32 Å². The number of amides is 2. The number of carboxylic acid groups (broad SMARTS) is 1. The fourth-order valence-electron chi connectivity index (χ4n) is 4.31. The van der Waals surface area contributed by atoms with Gasteiger partial charge in [0.2, 0.25) is 5.91 Å². The van der Waals surface area contributed by atoms with Crippen LogP contribution in [0.25, 0.3) is 11.1 Å². The third-order valence-corrected chi connectivity index (χ3v) is 5.97. The maximum Gasteiger partial charge on any atom is 0.407 e. The Morgan fingerprint density at radius 3 is 2.38 bits per heavy atom. The molecule has 0 radical (unpaired) electrons. The number of fused-ring (bicyclic) bond motifs is 3. The SMILES string of the molecule is CC(NC(=O)OCC1c2ccccc2-c2ccccc21)C(=O)N1CCOCC(C(=O)O)C1. The first-order valence-corrected chi connectivity index (χ1v) is 10.7. The molecule has 2 aromatic carbocycles. The van der Waals surface area contributed by atoms with Gasteiger partial charge >= 0.3 is 12.1 Å². The van der Waals surface area contributed by atoms with Gasteiger partial charge in [-0.1, -0.05) is 48.5 Å². The van der Waals surface area contributed by atoms with E-state index in [2.05, 4.69) is 17.4 Å². The molecule has 1 heterocycles. The topological polar surface area (TPSA) is 105 Å². The second-order valence-electron chi connectivity index (χ2n) is 8.09. The number of nitrogens with one attached hydrogen (secondary N) is 1. The second-order valence-corrected chi connectivity index (χ2v) is 8.09. The molecule has 1 fully saturated rings. The third kappa shape index (κ3) is 4.45. The van der Waals surface area contributed by atoms with Crippen molar-refractivity contribution in [3.8, 4) is 11.1 Å². The highest BCUT2D eigenvalue weighted by molar-refractivity contribution is 5.86. The van der Waals surface area contributed by atoms with Gasteiger partial charge in [-0.05, 0) is 29.2 Å². The van der Waals surface area contributed by atoms with Crippen molar-refractivity contribution in [1.29, 1.82) is 0 Å². The highest BCUT2D eigenvalue weighted by atomic mass is 16.5. The lowest BCUT2D eigenvalue weighted by Crippen LogP contribution is -2.49. The summed E-state index contributed by atoms with van der Waals surface area (Å²) in [4.78, 5) is 37.9. The first-order chi connectivity index (χ1) is 15.5. The zero-order valence-corrected chi connectivity index (χ0v) is 17.8. The van der Waals surface area contributed by atoms with Crippen molar-refractivity contribution in [2.45, 2.75) is 18.9 Å². The van der Waals surface area contributed by atoms with E-state index in [1.54, 1.807) is 6.92 Å². The van der Waals surface area contributed by atoms with Gasteiger partial charge in [0.1, 0.15) is 12.6 Å². The average molecular weight is 438 g/mol. The number of ether oxygens (including phenoxy) is 2. The zero-order chi connectivity index (χ0) is 22.7. The number of nitrogens with zero attached hydrogens (tertiary/aromatic N) is 1. The van der Waals surface area contributed by atoms with Crippen molar-refractivity contribution in [3.63, 3.8) is 0 Å². The predicted molar refractivity (Wildman–Crippen MR) is 116 cm³/mol. The van der Waals surface area contributed by atoms with E-state index in [-0.39, 0.29) is 44.7 Å². The van der Waals surface area contributed by atoms with Crippen LogP contribution in [0.3, 0.4) is 0 Å². The van der Waals surface area contributed by atoms with E-state index in [9.17, 15) is 19.5 Å². The van der Waals surface area contributed by atoms with E-state index in [0.717, 1.165) is 22.3 Å². The van der Waals surface area contributed by atoms with E-state index in [0.29, 0.717) is 0 Å². The number of aliphatic carboxylic acids is 1. The summed E-state index contributed by atoms with van der Waals surface area (Å²) in [5.41, 5.74) is 4.49. The van der Waals surface area contributed by atoms with E-state index < -0.39 is 24.0 Å². The predicted octanol–water partition coefficient (Wildman–Crippen LogP) is 2.47. The molecule has 1 saturated heterocycles. The normalized spacial score (nSPS) is 18.8. The van der Waals surface area contributed by atoms with Crippen molar-refractivity contribution >= 4 is 18.0 Å². The monoisotopic (exact) mass is 438 g/mol. The van der Waals surface area contributed by atoms with Crippen LogP contribution in [0.5, 0.6) is 0 Å². The second kappa shape index (κ2) is 9.40. The summed E-state index contributed by atoms with van der Waals surface area (Å²) < 4.78 is 10.8. The third-order valence-electron chi connectivity index (χ3n) is 5.97. The molecule has 0 bridgehead atoms. The first kappa shape index (κ1) is 21.8. The van der Waals surface area contributed by atoms with Crippen molar-refractivity contribution in [3.05, 3.63) is 59.7 Å². The Morgan fingerprint density at radius 2 is 1.75 bits per heavy atom. The van der Waals surface area contributed by atoms with Crippen molar-refractivity contribution in [1.82, 2.24) is 10.2 Å². The number of hydrogen-bond acceptors (Lipinski definition) is 5. The van der Waals surface area contributed by atoms with Gasteiger partial charge in [0.05, 0.1) is 19.1 Å². The van der Waals surface area contributed by atoms with Gasteiger partial charge in [-0.15, -0.1) is 0 Å². The summed E-state index contributed by atoms with van der Waals surface area (Å²) in [6, 6.07) is 15.2. The number of alkyl carbamates (subject to hydrolysis) is 1. The average Bonchev–Trinajstić information content (AvgIpc) is 2.93. The molecule has 2 aromatic rings. The lowest BCUT2D eigenvalue weighted by atomic mass is 9.98. The number of hydrogen-bond donors (Lipinski definition) is 2. The van der Waals surface area contributed by atoms with Crippen LogP contribution in [0.2, 0.25) is 0 Å². The van der Waals surface area contributed by atoms with Crippen LogP contribution >= 0.6 is 0 Å². The Balaban J connectivity index is 1.36. The Morgan fingerprint density at radius 1 is 1.12 bits per heavy atom. The van der Waals surface area contributed by atoms with Crippen molar-refractivity contribution in [2.24, 2.45) is 5.92 Å². The largest absolute Gasteiger partial charge is 0.481 e. The molecule has 2 amide bonds. The lowest BCUT2D eigenvalue weighted by Gasteiger charge is -2.25. The minimum absolute atomic E-state index is 0.0465. The molecule has 2 aliphatic rings. The van der Waals surface area contributed by atoms with Crippen LogP contribution in [-0.4, -0.2) is 66.9 Å². The molecule has 8 nitrogen and oxygen atoms in total. The standard InChI is InChI=1S/C24H26N2O6/c1-15(22(27)26-10-11-31-13-16(12-26)23(28)29)25-24(30)32-14-21-19-8-4-2-6-17(19)18-7-3-5-9-20(18)21/h2-9,15-16,21H,10-14H2,1H3,(H,25,30)(H,28,29). The molecule has 8 heteroatoms. The smallest absolute Gasteiger partial charge is 0.407 e. The Labute approximate surface area is 186 Å². The minimum Gasteiger partial charge on any atom is -0.481 e. The Kier molecular flexibility index (Phi) is 6.41. The molecule has 2 atom stereocenters. The van der Waals surface area contributed by atoms with Crippen LogP contribution in [0.15, 0.2) is 48.5 Å². The number of benzene rings is 2. The molecule has 1 aliphatic carbocycles. The quantitative estimate of drug-likeness (QED) is 0.743. The van der Waals surface area contributed by atoms with Gasteiger partial charge in [0.25, 0.3) is 0 Å². The minimum atomic E-state index is -1.01. The molecular weight excluding hydrogens is 412 g/mol. The number of carbonyl (C=O) groups excluding carboxylic acids is 2. The van der Waals surface area contributed by atoms with E-state index in [1.807, 2.05) is 36.4 Å². The highest BCUT2D eigenvalue weighted by Crippen LogP contribution is 2.44. The Bertz CT molecular complexity index is 978. The molecule has 4 rings (SSSR count). The maximum absolute atomic E-state index is 12.7. The molecule has 168 valence electrons. The summed E-state index contributed by atoms with van der Waals surface area (Å²) in [5.74, 6) is -2.24. The van der Waals surface area contributed by atoms with Gasteiger partial charge in [0, 0.05) is 19.0 Å². The molecular formula is C24H26N2O6. The summed E-state index contributed by atoms with van der Waals surface area (Å²) in [7, 11) is 0. The fraction of sp³-hybridized carbons (Fsp3) is 0.375. The fourth-order valence-corrected chi connectivity index (χ4v) is 4.31. The van der Waals surface area contributed by atoms with Gasteiger partial charge < -0.3 is 24.8 Å². The van der Waals surface area contributed by atoms with E-state index in [4.69, 9.17) is 9.47 Å². The number of carbonyl (C=O) groups is 3. The molecule has 0 spiro atoms. The first-order valence-electron chi connectivity index (χ1n) is 10.7. The van der Waals surface area contributed by atoms with Crippen molar-refractivity contribution < 1.29 is 29.0 Å². The Hall–Kier alpha value is -3.39. The molecule has 0 aromatic heterocycles. The van der Waals surface area contributed by atoms with Gasteiger partial charge in [-0.2, -0.15) is 0 Å². The number of carboxylic acids is 1. The van der Waals surface area contributed by atoms with Crippen LogP contribution in [0.1, 0.15) is 24.0 Å². The van der Waals surface area contributed by atoms with Gasteiger partial charge in [0.15, 0.2) is 0 Å². The van der Waals surface area contributed by atoms with Crippen LogP contribution in [0.4, 0.5) is 4.79 Å². The molecule has 2 unspecified atom stereocenters. The highest BCUT2D eigenvalue weighted by Gasteiger charge is 2.31. The van der Waals surface area contributed by atoms with Gasteiger partial charge in [-0.3, -0.25) is 9.59 Å². The van der Waals surface area contributed by atoms with Crippen molar-refractivity contribution in [2.75, 3.05) is 32.9 Å². The molecule has 0 saturated carbocycles. The zero-order valence-electron chi connectivity index (χ0n) is 17.8. The summed E-state index contributed by atoms with van der Waals surface area (Å²) in [5, 5.41) is 11.8. The molecule has 1 aliphatic heterocycles. The molecule has 32 heavy (non-hydrogen) atoms. The van der Waals surface area contributed by atoms with E-state index >= 15 is 0 Å². The summed E-state index contributed by atoms with van der Waals surface area (Å²) in [6.07, 6.45) is -0.687. The summed E-state index contributed by atoms with van der Waals surface area (Å²) in [6.45, 7) is 2.36.